The van der Waals surface area contributed by atoms with Crippen molar-refractivity contribution in [1.29, 1.82) is 0 Å². The fourth-order valence-corrected chi connectivity index (χ4v) is 1.90. The number of nitrogen functional groups attached to an aromatic ring is 1. The van der Waals surface area contributed by atoms with Gasteiger partial charge in [-0.3, -0.25) is 0 Å². The molecule has 100 valence electrons. The highest BCUT2D eigenvalue weighted by atomic mass is 16.5. The Morgan fingerprint density at radius 3 is 2.58 bits per heavy atom. The molecule has 19 heavy (non-hydrogen) atoms. The van der Waals surface area contributed by atoms with Gasteiger partial charge in [0, 0.05) is 6.54 Å². The number of rotatable bonds is 5. The van der Waals surface area contributed by atoms with Crippen LogP contribution in [0.5, 0.6) is 5.75 Å². The van der Waals surface area contributed by atoms with Crippen LogP contribution in [-0.2, 0) is 0 Å². The van der Waals surface area contributed by atoms with Crippen LogP contribution in [0, 0.1) is 13.8 Å². The molecule has 0 aliphatic carbocycles. The van der Waals surface area contributed by atoms with Crippen molar-refractivity contribution < 1.29 is 4.74 Å². The zero-order chi connectivity index (χ0) is 13.7. The second kappa shape index (κ2) is 6.14. The molecule has 0 aliphatic heterocycles. The second-order valence-electron chi connectivity index (χ2n) is 4.68. The van der Waals surface area contributed by atoms with Crippen molar-refractivity contribution >= 4 is 11.4 Å². The molecule has 0 fully saturated rings. The van der Waals surface area contributed by atoms with E-state index < -0.39 is 0 Å². The highest BCUT2D eigenvalue weighted by molar-refractivity contribution is 5.66. The van der Waals surface area contributed by atoms with Crippen LogP contribution in [0.1, 0.15) is 11.1 Å². The first-order chi connectivity index (χ1) is 9.15. The molecule has 3 N–H and O–H groups in total. The highest BCUT2D eigenvalue weighted by Crippen LogP contribution is 2.19. The number of hydrogen-bond acceptors (Lipinski definition) is 3. The van der Waals surface area contributed by atoms with E-state index in [4.69, 9.17) is 10.5 Å². The molecule has 0 heterocycles. The molecule has 3 nitrogen and oxygen atoms in total. The Kier molecular flexibility index (Phi) is 4.29. The van der Waals surface area contributed by atoms with Crippen molar-refractivity contribution in [2.75, 3.05) is 24.2 Å². The third-order valence-corrected chi connectivity index (χ3v) is 2.88. The summed E-state index contributed by atoms with van der Waals surface area (Å²) in [5, 5.41) is 3.28. The summed E-state index contributed by atoms with van der Waals surface area (Å²) in [6, 6.07) is 14.0. The van der Waals surface area contributed by atoms with E-state index in [1.165, 1.54) is 11.1 Å². The van der Waals surface area contributed by atoms with Gasteiger partial charge in [-0.25, -0.2) is 0 Å². The van der Waals surface area contributed by atoms with Gasteiger partial charge in [0.05, 0.1) is 11.4 Å². The molecule has 0 saturated heterocycles. The van der Waals surface area contributed by atoms with Crippen LogP contribution in [0.2, 0.25) is 0 Å². The van der Waals surface area contributed by atoms with Crippen LogP contribution < -0.4 is 15.8 Å². The zero-order valence-electron chi connectivity index (χ0n) is 11.4. The van der Waals surface area contributed by atoms with Gasteiger partial charge in [0.15, 0.2) is 0 Å². The molecule has 3 heteroatoms. The average Bonchev–Trinajstić information content (AvgIpc) is 2.37. The third kappa shape index (κ3) is 3.91. The van der Waals surface area contributed by atoms with Gasteiger partial charge in [-0.15, -0.1) is 0 Å². The van der Waals surface area contributed by atoms with E-state index >= 15 is 0 Å². The van der Waals surface area contributed by atoms with Crippen molar-refractivity contribution in [3.8, 4) is 5.75 Å². The van der Waals surface area contributed by atoms with Crippen LogP contribution in [0.15, 0.2) is 42.5 Å². The summed E-state index contributed by atoms with van der Waals surface area (Å²) in [4.78, 5) is 0. The highest BCUT2D eigenvalue weighted by Gasteiger charge is 1.98. The van der Waals surface area contributed by atoms with Crippen LogP contribution in [0.4, 0.5) is 11.4 Å². The van der Waals surface area contributed by atoms with Crippen LogP contribution in [0.3, 0.4) is 0 Å². The molecule has 2 aromatic rings. The Hall–Kier alpha value is -2.16. The summed E-state index contributed by atoms with van der Waals surface area (Å²) in [6.07, 6.45) is 0. The lowest BCUT2D eigenvalue weighted by Gasteiger charge is -2.11. The van der Waals surface area contributed by atoms with Gasteiger partial charge < -0.3 is 15.8 Å². The van der Waals surface area contributed by atoms with Crippen molar-refractivity contribution in [2.24, 2.45) is 0 Å². The molecule has 0 bridgehead atoms. The molecule has 0 saturated carbocycles. The zero-order valence-corrected chi connectivity index (χ0v) is 11.4. The number of aryl methyl sites for hydroxylation is 2. The molecule has 0 spiro atoms. The van der Waals surface area contributed by atoms with E-state index in [9.17, 15) is 0 Å². The number of benzene rings is 2. The van der Waals surface area contributed by atoms with E-state index in [0.29, 0.717) is 6.61 Å². The maximum atomic E-state index is 5.93. The predicted octanol–water partition coefficient (Wildman–Crippen LogP) is 3.38. The van der Waals surface area contributed by atoms with Crippen molar-refractivity contribution in [3.63, 3.8) is 0 Å². The lowest BCUT2D eigenvalue weighted by Crippen LogP contribution is -2.12. The first kappa shape index (κ1) is 13.3. The fourth-order valence-electron chi connectivity index (χ4n) is 1.90. The fraction of sp³-hybridized carbons (Fsp3) is 0.250. The normalized spacial score (nSPS) is 10.2. The molecule has 0 radical (unpaired) electrons. The van der Waals surface area contributed by atoms with E-state index in [2.05, 4.69) is 18.3 Å². The first-order valence-electron chi connectivity index (χ1n) is 6.44. The summed E-state index contributed by atoms with van der Waals surface area (Å²) in [7, 11) is 0. The maximum absolute atomic E-state index is 5.93. The Balaban J connectivity index is 1.81. The minimum Gasteiger partial charge on any atom is -0.492 e. The standard InChI is InChI=1S/C16H20N2O/c1-12-4-3-5-14(10-12)19-9-8-18-16-7-6-13(2)11-15(16)17/h3-7,10-11,18H,8-9,17H2,1-2H3. The summed E-state index contributed by atoms with van der Waals surface area (Å²) in [5.74, 6) is 0.902. The van der Waals surface area contributed by atoms with Gasteiger partial charge in [-0.1, -0.05) is 18.2 Å². The van der Waals surface area contributed by atoms with E-state index in [1.54, 1.807) is 0 Å². The monoisotopic (exact) mass is 256 g/mol. The molecular weight excluding hydrogens is 236 g/mol. The van der Waals surface area contributed by atoms with Gasteiger partial charge >= 0.3 is 0 Å². The lowest BCUT2D eigenvalue weighted by molar-refractivity contribution is 0.332. The van der Waals surface area contributed by atoms with Gasteiger partial charge in [-0.05, 0) is 49.2 Å². The quantitative estimate of drug-likeness (QED) is 0.637. The number of ether oxygens (including phenoxy) is 1. The van der Waals surface area contributed by atoms with Crippen molar-refractivity contribution in [1.82, 2.24) is 0 Å². The first-order valence-corrected chi connectivity index (χ1v) is 6.44. The summed E-state index contributed by atoms with van der Waals surface area (Å²) < 4.78 is 5.67. The van der Waals surface area contributed by atoms with Crippen molar-refractivity contribution in [2.45, 2.75) is 13.8 Å². The topological polar surface area (TPSA) is 47.3 Å². The Morgan fingerprint density at radius 2 is 1.84 bits per heavy atom. The summed E-state index contributed by atoms with van der Waals surface area (Å²) >= 11 is 0. The molecule has 0 aromatic heterocycles. The molecule has 0 amide bonds. The van der Waals surface area contributed by atoms with E-state index in [1.807, 2.05) is 43.3 Å². The average molecular weight is 256 g/mol. The van der Waals surface area contributed by atoms with Crippen molar-refractivity contribution in [3.05, 3.63) is 53.6 Å². The summed E-state index contributed by atoms with van der Waals surface area (Å²) in [5.41, 5.74) is 10.0. The van der Waals surface area contributed by atoms with Crippen LogP contribution in [-0.4, -0.2) is 13.2 Å². The smallest absolute Gasteiger partial charge is 0.119 e. The predicted molar refractivity (Wildman–Crippen MR) is 80.8 cm³/mol. The van der Waals surface area contributed by atoms with Crippen LogP contribution in [0.25, 0.3) is 0 Å². The van der Waals surface area contributed by atoms with Gasteiger partial charge in [0.1, 0.15) is 12.4 Å². The van der Waals surface area contributed by atoms with Gasteiger partial charge in [-0.2, -0.15) is 0 Å². The number of hydrogen-bond donors (Lipinski definition) is 2. The summed E-state index contributed by atoms with van der Waals surface area (Å²) in [6.45, 7) is 5.41. The van der Waals surface area contributed by atoms with Crippen LogP contribution >= 0.6 is 0 Å². The SMILES string of the molecule is Cc1cccc(OCCNc2ccc(C)cc2N)c1. The van der Waals surface area contributed by atoms with Gasteiger partial charge in [0.2, 0.25) is 0 Å². The molecule has 0 atom stereocenters. The minimum atomic E-state index is 0.608. The maximum Gasteiger partial charge on any atom is 0.119 e. The third-order valence-electron chi connectivity index (χ3n) is 2.88. The molecule has 2 aromatic carbocycles. The van der Waals surface area contributed by atoms with E-state index in [-0.39, 0.29) is 0 Å². The number of anilines is 2. The molecule has 0 unspecified atom stereocenters. The van der Waals surface area contributed by atoms with E-state index in [0.717, 1.165) is 23.7 Å². The molecule has 2 rings (SSSR count). The Morgan fingerprint density at radius 1 is 1.05 bits per heavy atom. The Labute approximate surface area is 114 Å². The minimum absolute atomic E-state index is 0.608. The molecule has 0 aliphatic rings. The largest absolute Gasteiger partial charge is 0.492 e. The van der Waals surface area contributed by atoms with Gasteiger partial charge in [0.25, 0.3) is 0 Å². The Bertz CT molecular complexity index is 552. The second-order valence-corrected chi connectivity index (χ2v) is 4.68. The number of nitrogens with two attached hydrogens (primary N) is 1. The molecular formula is C16H20N2O. The number of nitrogens with one attached hydrogen (secondary N) is 1. The lowest BCUT2D eigenvalue weighted by atomic mass is 10.2.